The average Bonchev–Trinajstić information content (AvgIpc) is 2.10. The molecular formula is C10H28N2OSi2. The van der Waals surface area contributed by atoms with Gasteiger partial charge < -0.3 is 14.8 Å². The molecule has 0 bridgehead atoms. The summed E-state index contributed by atoms with van der Waals surface area (Å²) in [6, 6.07) is 1.17. The van der Waals surface area contributed by atoms with Gasteiger partial charge in [-0.25, -0.2) is 0 Å². The molecule has 0 atom stereocenters. The van der Waals surface area contributed by atoms with Gasteiger partial charge in [-0.15, -0.1) is 0 Å². The number of hydrogen-bond donors (Lipinski definition) is 2. The van der Waals surface area contributed by atoms with Gasteiger partial charge in [0.2, 0.25) is 0 Å². The maximum atomic E-state index is 6.34. The first-order valence-electron chi connectivity index (χ1n) is 5.98. The molecule has 0 unspecified atom stereocenters. The van der Waals surface area contributed by atoms with Gasteiger partial charge in [-0.2, -0.15) is 0 Å². The first kappa shape index (κ1) is 15.3. The van der Waals surface area contributed by atoms with Crippen LogP contribution in [-0.2, 0) is 4.12 Å². The quantitative estimate of drug-likeness (QED) is 0.648. The van der Waals surface area contributed by atoms with Crippen LogP contribution in [0.3, 0.4) is 0 Å². The third-order valence-corrected chi connectivity index (χ3v) is 9.23. The van der Waals surface area contributed by atoms with E-state index < -0.39 is 16.8 Å². The smallest absolute Gasteiger partial charge is 0.251 e. The van der Waals surface area contributed by atoms with Gasteiger partial charge in [-0.05, 0) is 58.2 Å². The van der Waals surface area contributed by atoms with Crippen molar-refractivity contribution in [1.82, 2.24) is 4.98 Å². The molecule has 0 fully saturated rings. The van der Waals surface area contributed by atoms with Crippen LogP contribution >= 0.6 is 0 Å². The molecule has 0 saturated heterocycles. The summed E-state index contributed by atoms with van der Waals surface area (Å²) in [6.45, 7) is 13.1. The number of hydrogen-bond acceptors (Lipinski definition) is 3. The van der Waals surface area contributed by atoms with Gasteiger partial charge in [0.1, 0.15) is 0 Å². The first-order valence-corrected chi connectivity index (χ1v) is 12.0. The minimum absolute atomic E-state index is 0.782. The molecule has 0 saturated carbocycles. The van der Waals surface area contributed by atoms with Crippen LogP contribution < -0.4 is 10.7 Å². The van der Waals surface area contributed by atoms with Crippen LogP contribution in [-0.4, -0.2) is 29.9 Å². The molecule has 0 heterocycles. The zero-order valence-electron chi connectivity index (χ0n) is 11.0. The highest BCUT2D eigenvalue weighted by Gasteiger charge is 2.32. The topological polar surface area (TPSA) is 47.3 Å². The van der Waals surface area contributed by atoms with Crippen molar-refractivity contribution in [3.05, 3.63) is 0 Å². The van der Waals surface area contributed by atoms with Crippen LogP contribution in [0, 0.1) is 0 Å². The Morgan fingerprint density at radius 2 is 1.80 bits per heavy atom. The summed E-state index contributed by atoms with van der Waals surface area (Å²) < 4.78 is 6.34. The van der Waals surface area contributed by atoms with Gasteiger partial charge in [0, 0.05) is 0 Å². The second kappa shape index (κ2) is 6.80. The van der Waals surface area contributed by atoms with E-state index in [1.54, 1.807) is 0 Å². The summed E-state index contributed by atoms with van der Waals surface area (Å²) in [5, 5.41) is 0. The lowest BCUT2D eigenvalue weighted by atomic mass is 10.5. The molecule has 0 aliphatic heterocycles. The summed E-state index contributed by atoms with van der Waals surface area (Å²) in [6.07, 6.45) is 2.27. The molecule has 5 heteroatoms. The fourth-order valence-electron chi connectivity index (χ4n) is 1.73. The van der Waals surface area contributed by atoms with E-state index in [4.69, 9.17) is 9.85 Å². The monoisotopic (exact) mass is 248 g/mol. The predicted octanol–water partition coefficient (Wildman–Crippen LogP) is 2.26. The lowest BCUT2D eigenvalue weighted by Crippen LogP contribution is -2.54. The molecule has 92 valence electrons. The average molecular weight is 249 g/mol. The molecule has 0 aliphatic rings. The van der Waals surface area contributed by atoms with E-state index in [1.807, 2.05) is 0 Å². The number of rotatable bonds is 8. The van der Waals surface area contributed by atoms with Crippen LogP contribution in [0.25, 0.3) is 0 Å². The molecule has 3 nitrogen and oxygen atoms in total. The zero-order valence-corrected chi connectivity index (χ0v) is 13.0. The normalized spacial score (nSPS) is 13.2. The fraction of sp³-hybridized carbons (Fsp3) is 1.00. The molecule has 0 aromatic rings. The van der Waals surface area contributed by atoms with E-state index in [2.05, 4.69) is 38.1 Å². The van der Waals surface area contributed by atoms with Gasteiger partial charge in [-0.1, -0.05) is 6.92 Å². The van der Waals surface area contributed by atoms with Crippen molar-refractivity contribution in [2.45, 2.75) is 52.0 Å². The molecule has 0 radical (unpaired) electrons. The second-order valence-electron chi connectivity index (χ2n) is 5.19. The summed E-state index contributed by atoms with van der Waals surface area (Å²) in [5.41, 5.74) is 5.54. The van der Waals surface area contributed by atoms with E-state index in [9.17, 15) is 0 Å². The summed E-state index contributed by atoms with van der Waals surface area (Å²) in [4.78, 5) is 3.56. The third kappa shape index (κ3) is 8.16. The lowest BCUT2D eigenvalue weighted by molar-refractivity contribution is 0.513. The minimum atomic E-state index is -1.64. The SMILES string of the molecule is CCCN[Si](C)(C)O[Si](C)(C)CCCN. The highest BCUT2D eigenvalue weighted by atomic mass is 28.4. The minimum Gasteiger partial charge on any atom is -0.445 e. The third-order valence-electron chi connectivity index (χ3n) is 2.32. The standard InChI is InChI=1S/C10H28N2OSi2/c1-6-9-12-15(4,5)13-14(2,3)10-7-8-11/h12H,6-11H2,1-5H3. The highest BCUT2D eigenvalue weighted by molar-refractivity contribution is 6.83. The zero-order chi connectivity index (χ0) is 11.9. The molecule has 3 N–H and O–H groups in total. The van der Waals surface area contributed by atoms with E-state index >= 15 is 0 Å². The summed E-state index contributed by atoms with van der Waals surface area (Å²) >= 11 is 0. The van der Waals surface area contributed by atoms with Crippen molar-refractivity contribution in [2.75, 3.05) is 13.1 Å². The van der Waals surface area contributed by atoms with E-state index in [1.165, 1.54) is 12.5 Å². The van der Waals surface area contributed by atoms with Gasteiger partial charge >= 0.3 is 0 Å². The Balaban J connectivity index is 4.04. The van der Waals surface area contributed by atoms with Crippen molar-refractivity contribution in [3.63, 3.8) is 0 Å². The van der Waals surface area contributed by atoms with Gasteiger partial charge in [0.15, 0.2) is 8.32 Å². The van der Waals surface area contributed by atoms with Crippen molar-refractivity contribution >= 4 is 16.8 Å². The number of nitrogens with two attached hydrogens (primary N) is 1. The van der Waals surface area contributed by atoms with E-state index in [0.717, 1.165) is 19.5 Å². The van der Waals surface area contributed by atoms with Crippen LogP contribution in [0.4, 0.5) is 0 Å². The van der Waals surface area contributed by atoms with Crippen molar-refractivity contribution in [1.29, 1.82) is 0 Å². The van der Waals surface area contributed by atoms with E-state index in [0.29, 0.717) is 0 Å². The molecule has 0 aliphatic carbocycles. The predicted molar refractivity (Wildman–Crippen MR) is 72.8 cm³/mol. The van der Waals surface area contributed by atoms with E-state index in [-0.39, 0.29) is 0 Å². The first-order chi connectivity index (χ1) is 6.83. The van der Waals surface area contributed by atoms with Crippen molar-refractivity contribution in [2.24, 2.45) is 5.73 Å². The van der Waals surface area contributed by atoms with Crippen molar-refractivity contribution in [3.8, 4) is 0 Å². The molecule has 0 aromatic heterocycles. The molecule has 0 aromatic carbocycles. The molecule has 0 amide bonds. The molecule has 15 heavy (non-hydrogen) atoms. The maximum absolute atomic E-state index is 6.34. The Labute approximate surface area is 97.1 Å². The van der Waals surface area contributed by atoms with Gasteiger partial charge in [0.05, 0.1) is 0 Å². The largest absolute Gasteiger partial charge is 0.445 e. The van der Waals surface area contributed by atoms with Crippen LogP contribution in [0.2, 0.25) is 32.2 Å². The lowest BCUT2D eigenvalue weighted by Gasteiger charge is -2.34. The molecular weight excluding hydrogens is 220 g/mol. The molecule has 0 spiro atoms. The Morgan fingerprint density at radius 1 is 1.20 bits per heavy atom. The van der Waals surface area contributed by atoms with Crippen LogP contribution in [0.15, 0.2) is 0 Å². The van der Waals surface area contributed by atoms with Crippen LogP contribution in [0.5, 0.6) is 0 Å². The molecule has 0 rings (SSSR count). The van der Waals surface area contributed by atoms with Gasteiger partial charge in [0.25, 0.3) is 8.48 Å². The van der Waals surface area contributed by atoms with Gasteiger partial charge in [-0.3, -0.25) is 0 Å². The Kier molecular flexibility index (Phi) is 6.94. The fourth-order valence-corrected chi connectivity index (χ4v) is 9.86. The summed E-state index contributed by atoms with van der Waals surface area (Å²) in [5.74, 6) is 0. The summed E-state index contributed by atoms with van der Waals surface area (Å²) in [7, 11) is -3.13. The second-order valence-corrected chi connectivity index (χ2v) is 13.4. The highest BCUT2D eigenvalue weighted by Crippen LogP contribution is 2.18. The Hall–Kier alpha value is 0.314. The Morgan fingerprint density at radius 3 is 2.27 bits per heavy atom. The van der Waals surface area contributed by atoms with Crippen molar-refractivity contribution < 1.29 is 4.12 Å². The maximum Gasteiger partial charge on any atom is 0.251 e. The Bertz CT molecular complexity index is 157. The van der Waals surface area contributed by atoms with Crippen LogP contribution in [0.1, 0.15) is 19.8 Å². The number of nitrogens with one attached hydrogen (secondary N) is 1.